The van der Waals surface area contributed by atoms with E-state index in [-0.39, 0.29) is 0 Å². The van der Waals surface area contributed by atoms with Crippen molar-refractivity contribution < 1.29 is 0 Å². The van der Waals surface area contributed by atoms with Gasteiger partial charge in [0.1, 0.15) is 10.8 Å². The van der Waals surface area contributed by atoms with Crippen LogP contribution >= 0.6 is 24.0 Å². The minimum absolute atomic E-state index is 0.422. The van der Waals surface area contributed by atoms with Gasteiger partial charge in [0.15, 0.2) is 0 Å². The third-order valence-electron chi connectivity index (χ3n) is 3.55. The van der Waals surface area contributed by atoms with Crippen LogP contribution in [0.5, 0.6) is 0 Å². The lowest BCUT2D eigenvalue weighted by Crippen LogP contribution is -2.25. The molecule has 3 nitrogen and oxygen atoms in total. The summed E-state index contributed by atoms with van der Waals surface area (Å²) in [6.07, 6.45) is 2.36. The van der Waals surface area contributed by atoms with Gasteiger partial charge in [0, 0.05) is 17.0 Å². The average Bonchev–Trinajstić information content (AvgIpc) is 2.47. The first-order valence-corrected chi connectivity index (χ1v) is 8.34. The Morgan fingerprint density at radius 1 is 1.30 bits per heavy atom. The topological polar surface area (TPSA) is 50.9 Å². The van der Waals surface area contributed by atoms with Crippen LogP contribution in [0.25, 0.3) is 10.9 Å². The van der Waals surface area contributed by atoms with E-state index in [1.165, 1.54) is 24.3 Å². The summed E-state index contributed by atoms with van der Waals surface area (Å²) < 4.78 is 0. The second-order valence-electron chi connectivity index (χ2n) is 4.97. The van der Waals surface area contributed by atoms with Crippen LogP contribution in [0.1, 0.15) is 18.4 Å². The molecule has 0 radical (unpaired) electrons. The number of fused-ring (bicyclic) bond motifs is 1. The fourth-order valence-electron chi connectivity index (χ4n) is 2.50. The highest BCUT2D eigenvalue weighted by Gasteiger charge is 2.15. The van der Waals surface area contributed by atoms with Gasteiger partial charge in [0.2, 0.25) is 0 Å². The van der Waals surface area contributed by atoms with E-state index in [1.807, 2.05) is 42.1 Å². The van der Waals surface area contributed by atoms with Gasteiger partial charge < -0.3 is 11.1 Å². The number of nitrogens with zero attached hydrogens (tertiary/aromatic N) is 1. The average molecular weight is 303 g/mol. The summed E-state index contributed by atoms with van der Waals surface area (Å²) in [7, 11) is 0. The summed E-state index contributed by atoms with van der Waals surface area (Å²) in [4.78, 5) is 5.10. The van der Waals surface area contributed by atoms with Gasteiger partial charge in [-0.15, -0.1) is 0 Å². The Hall–Kier alpha value is -1.33. The Balaban J connectivity index is 1.96. The van der Waals surface area contributed by atoms with Crippen LogP contribution in [-0.2, 0) is 0 Å². The SMILES string of the molecule is NC(=S)c1cc(NC2CCSCC2)nc2ccccc12. The second-order valence-corrected chi connectivity index (χ2v) is 6.63. The lowest BCUT2D eigenvalue weighted by Gasteiger charge is -2.23. The maximum atomic E-state index is 5.85. The van der Waals surface area contributed by atoms with Crippen LogP contribution in [-0.4, -0.2) is 27.5 Å². The predicted molar refractivity (Wildman–Crippen MR) is 91.6 cm³/mol. The molecule has 20 heavy (non-hydrogen) atoms. The summed E-state index contributed by atoms with van der Waals surface area (Å²) in [6.45, 7) is 0. The highest BCUT2D eigenvalue weighted by atomic mass is 32.2. The molecule has 0 amide bonds. The number of hydrogen-bond acceptors (Lipinski definition) is 4. The van der Waals surface area contributed by atoms with Crippen molar-refractivity contribution in [2.24, 2.45) is 5.73 Å². The molecule has 0 saturated carbocycles. The monoisotopic (exact) mass is 303 g/mol. The van der Waals surface area contributed by atoms with Gasteiger partial charge in [0.25, 0.3) is 0 Å². The predicted octanol–water partition coefficient (Wildman–Crippen LogP) is 3.18. The number of aromatic nitrogens is 1. The van der Waals surface area contributed by atoms with E-state index < -0.39 is 0 Å². The van der Waals surface area contributed by atoms with Crippen LogP contribution in [0.4, 0.5) is 5.82 Å². The molecule has 1 fully saturated rings. The molecule has 1 aromatic heterocycles. The molecule has 1 aromatic carbocycles. The quantitative estimate of drug-likeness (QED) is 0.853. The fourth-order valence-corrected chi connectivity index (χ4v) is 3.78. The molecule has 1 aliphatic rings. The number of benzene rings is 1. The van der Waals surface area contributed by atoms with E-state index in [0.29, 0.717) is 11.0 Å². The van der Waals surface area contributed by atoms with E-state index in [0.717, 1.165) is 22.3 Å². The largest absolute Gasteiger partial charge is 0.389 e. The zero-order valence-electron chi connectivity index (χ0n) is 11.1. The molecule has 1 aliphatic heterocycles. The van der Waals surface area contributed by atoms with E-state index >= 15 is 0 Å². The number of nitrogens with two attached hydrogens (primary N) is 1. The number of hydrogen-bond donors (Lipinski definition) is 2. The van der Waals surface area contributed by atoms with E-state index in [2.05, 4.69) is 10.3 Å². The van der Waals surface area contributed by atoms with Crippen molar-refractivity contribution in [1.82, 2.24) is 4.98 Å². The van der Waals surface area contributed by atoms with Crippen LogP contribution in [0.15, 0.2) is 30.3 Å². The van der Waals surface area contributed by atoms with Crippen molar-refractivity contribution in [3.63, 3.8) is 0 Å². The molecule has 2 aromatic rings. The number of thiocarbonyl (C=S) groups is 1. The highest BCUT2D eigenvalue weighted by molar-refractivity contribution is 7.99. The van der Waals surface area contributed by atoms with Crippen LogP contribution in [0.3, 0.4) is 0 Å². The van der Waals surface area contributed by atoms with E-state index in [9.17, 15) is 0 Å². The summed E-state index contributed by atoms with van der Waals surface area (Å²) in [5, 5.41) is 4.55. The lowest BCUT2D eigenvalue weighted by atomic mass is 10.1. The van der Waals surface area contributed by atoms with Crippen LogP contribution in [0, 0.1) is 0 Å². The fraction of sp³-hybridized carbons (Fsp3) is 0.333. The van der Waals surface area contributed by atoms with Gasteiger partial charge >= 0.3 is 0 Å². The Kier molecular flexibility index (Phi) is 4.08. The Labute approximate surface area is 128 Å². The van der Waals surface area contributed by atoms with Gasteiger partial charge in [-0.3, -0.25) is 0 Å². The minimum Gasteiger partial charge on any atom is -0.389 e. The zero-order chi connectivity index (χ0) is 13.9. The molecule has 0 unspecified atom stereocenters. The van der Waals surface area contributed by atoms with Crippen molar-refractivity contribution >= 4 is 45.7 Å². The van der Waals surface area contributed by atoms with Gasteiger partial charge in [-0.2, -0.15) is 11.8 Å². The van der Waals surface area contributed by atoms with Gasteiger partial charge in [-0.25, -0.2) is 4.98 Å². The first-order valence-electron chi connectivity index (χ1n) is 6.78. The number of para-hydroxylation sites is 1. The molecule has 0 atom stereocenters. The summed E-state index contributed by atoms with van der Waals surface area (Å²) >= 11 is 7.19. The summed E-state index contributed by atoms with van der Waals surface area (Å²) in [6, 6.07) is 10.5. The lowest BCUT2D eigenvalue weighted by molar-refractivity contribution is 0.664. The zero-order valence-corrected chi connectivity index (χ0v) is 12.8. The van der Waals surface area contributed by atoms with Crippen molar-refractivity contribution in [3.8, 4) is 0 Å². The van der Waals surface area contributed by atoms with Gasteiger partial charge in [-0.05, 0) is 36.5 Å². The molecule has 0 spiro atoms. The second kappa shape index (κ2) is 5.97. The van der Waals surface area contributed by atoms with Crippen molar-refractivity contribution in [2.45, 2.75) is 18.9 Å². The minimum atomic E-state index is 0.422. The molecular formula is C15H17N3S2. The number of thioether (sulfide) groups is 1. The van der Waals surface area contributed by atoms with E-state index in [1.54, 1.807) is 0 Å². The molecule has 0 aliphatic carbocycles. The Bertz CT molecular complexity index is 636. The summed E-state index contributed by atoms with van der Waals surface area (Å²) in [5.41, 5.74) is 7.69. The standard InChI is InChI=1S/C15H17N3S2/c16-15(19)12-9-14(17-10-5-7-20-8-6-10)18-13-4-2-1-3-11(12)13/h1-4,9-10H,5-8H2,(H2,16,19)(H,17,18). The molecule has 1 saturated heterocycles. The molecule has 5 heteroatoms. The van der Waals surface area contributed by atoms with E-state index in [4.69, 9.17) is 18.0 Å². The highest BCUT2D eigenvalue weighted by Crippen LogP contribution is 2.24. The number of anilines is 1. The number of nitrogens with one attached hydrogen (secondary N) is 1. The summed E-state index contributed by atoms with van der Waals surface area (Å²) in [5.74, 6) is 3.31. The molecule has 3 rings (SSSR count). The van der Waals surface area contributed by atoms with Crippen LogP contribution < -0.4 is 11.1 Å². The molecule has 104 valence electrons. The first-order chi connectivity index (χ1) is 9.74. The molecule has 2 heterocycles. The molecular weight excluding hydrogens is 286 g/mol. The van der Waals surface area contributed by atoms with Crippen LogP contribution in [0.2, 0.25) is 0 Å². The Morgan fingerprint density at radius 3 is 2.80 bits per heavy atom. The molecule has 3 N–H and O–H groups in total. The number of rotatable bonds is 3. The maximum absolute atomic E-state index is 5.85. The van der Waals surface area contributed by atoms with Crippen molar-refractivity contribution in [3.05, 3.63) is 35.9 Å². The molecule has 0 bridgehead atoms. The number of pyridine rings is 1. The maximum Gasteiger partial charge on any atom is 0.127 e. The van der Waals surface area contributed by atoms with Crippen molar-refractivity contribution in [1.29, 1.82) is 0 Å². The third-order valence-corrected chi connectivity index (χ3v) is 4.82. The first kappa shape index (κ1) is 13.6. The smallest absolute Gasteiger partial charge is 0.127 e. The normalized spacial score (nSPS) is 16.2. The Morgan fingerprint density at radius 2 is 2.05 bits per heavy atom. The van der Waals surface area contributed by atoms with Gasteiger partial charge in [0.05, 0.1) is 5.52 Å². The third kappa shape index (κ3) is 2.88. The van der Waals surface area contributed by atoms with Gasteiger partial charge in [-0.1, -0.05) is 30.4 Å². The van der Waals surface area contributed by atoms with Crippen molar-refractivity contribution in [2.75, 3.05) is 16.8 Å².